The van der Waals surface area contributed by atoms with Crippen LogP contribution in [-0.4, -0.2) is 58.9 Å². The van der Waals surface area contributed by atoms with Gasteiger partial charge in [-0.2, -0.15) is 0 Å². The van der Waals surface area contributed by atoms with E-state index in [0.717, 1.165) is 49.7 Å². The molecule has 2 atom stereocenters. The molecule has 196 valence electrons. The molecule has 36 heavy (non-hydrogen) atoms. The van der Waals surface area contributed by atoms with Gasteiger partial charge in [0, 0.05) is 32.0 Å². The maximum Gasteiger partial charge on any atom is 0.336 e. The first-order chi connectivity index (χ1) is 17.5. The van der Waals surface area contributed by atoms with Gasteiger partial charge < -0.3 is 24.8 Å². The zero-order valence-electron chi connectivity index (χ0n) is 21.4. The minimum atomic E-state index is -0.925. The Hall–Kier alpha value is -2.97. The van der Waals surface area contributed by atoms with Crippen LogP contribution in [-0.2, 0) is 22.6 Å². The fraction of sp³-hybridized carbons (Fsp3) is 0.536. The predicted octanol–water partition coefficient (Wildman–Crippen LogP) is 4.94. The Morgan fingerprint density at radius 2 is 1.97 bits per heavy atom. The Labute approximate surface area is 214 Å². The van der Waals surface area contributed by atoms with Gasteiger partial charge in [0.2, 0.25) is 0 Å². The molecule has 2 amide bonds. The van der Waals surface area contributed by atoms with Crippen molar-refractivity contribution in [3.05, 3.63) is 65.0 Å². The van der Waals surface area contributed by atoms with Crippen molar-refractivity contribution in [3.8, 4) is 0 Å². The summed E-state index contributed by atoms with van der Waals surface area (Å²) in [5, 5.41) is 12.5. The lowest BCUT2D eigenvalue weighted by atomic mass is 9.94. The number of pyridine rings is 1. The number of nitrogens with zero attached hydrogens (tertiary/aromatic N) is 2. The number of aromatic nitrogens is 1. The van der Waals surface area contributed by atoms with E-state index in [1.54, 1.807) is 30.3 Å². The van der Waals surface area contributed by atoms with Gasteiger partial charge in [-0.15, -0.1) is 0 Å². The topological polar surface area (TPSA) is 101 Å². The smallest absolute Gasteiger partial charge is 0.336 e. The Balaban J connectivity index is 1.49. The van der Waals surface area contributed by atoms with E-state index < -0.39 is 5.97 Å². The van der Waals surface area contributed by atoms with Crippen LogP contribution in [0.25, 0.3) is 0 Å². The molecule has 1 aromatic carbocycles. The third-order valence-electron chi connectivity index (χ3n) is 6.53. The van der Waals surface area contributed by atoms with Crippen molar-refractivity contribution in [2.24, 2.45) is 0 Å². The molecule has 1 aromatic heterocycles. The SMILES string of the molecule is CCCCNC(=O)N(CCOC1CCCC(OCc2cccc(C)c2C(=O)O)C1)Cc1cccnc1. The summed E-state index contributed by atoms with van der Waals surface area (Å²) < 4.78 is 12.3. The summed E-state index contributed by atoms with van der Waals surface area (Å²) in [4.78, 5) is 30.3. The molecule has 0 radical (unpaired) electrons. The van der Waals surface area contributed by atoms with Crippen LogP contribution in [0.1, 0.15) is 72.5 Å². The molecule has 2 aromatic rings. The average molecular weight is 498 g/mol. The minimum absolute atomic E-state index is 0.0229. The number of carbonyl (C=O) groups is 2. The van der Waals surface area contributed by atoms with E-state index in [1.807, 2.05) is 24.3 Å². The Morgan fingerprint density at radius 1 is 1.17 bits per heavy atom. The predicted molar refractivity (Wildman–Crippen MR) is 138 cm³/mol. The summed E-state index contributed by atoms with van der Waals surface area (Å²) in [6.45, 7) is 6.25. The molecule has 0 saturated heterocycles. The monoisotopic (exact) mass is 497 g/mol. The fourth-order valence-electron chi connectivity index (χ4n) is 4.55. The summed E-state index contributed by atoms with van der Waals surface area (Å²) in [7, 11) is 0. The second kappa shape index (κ2) is 14.6. The second-order valence-corrected chi connectivity index (χ2v) is 9.37. The highest BCUT2D eigenvalue weighted by atomic mass is 16.5. The van der Waals surface area contributed by atoms with Crippen LogP contribution in [0.15, 0.2) is 42.7 Å². The minimum Gasteiger partial charge on any atom is -0.478 e. The van der Waals surface area contributed by atoms with Crippen LogP contribution in [0.4, 0.5) is 4.79 Å². The van der Waals surface area contributed by atoms with Crippen molar-refractivity contribution in [2.75, 3.05) is 19.7 Å². The zero-order chi connectivity index (χ0) is 25.8. The van der Waals surface area contributed by atoms with Crippen LogP contribution in [0.2, 0.25) is 0 Å². The number of unbranched alkanes of at least 4 members (excludes halogenated alkanes) is 1. The third-order valence-corrected chi connectivity index (χ3v) is 6.53. The van der Waals surface area contributed by atoms with E-state index in [1.165, 1.54) is 0 Å². The maximum absolute atomic E-state index is 12.8. The molecular formula is C28H39N3O5. The Morgan fingerprint density at radius 3 is 2.69 bits per heavy atom. The average Bonchev–Trinajstić information content (AvgIpc) is 2.87. The molecule has 0 bridgehead atoms. The van der Waals surface area contributed by atoms with Crippen molar-refractivity contribution in [3.63, 3.8) is 0 Å². The summed E-state index contributed by atoms with van der Waals surface area (Å²) >= 11 is 0. The van der Waals surface area contributed by atoms with Crippen LogP contribution in [0, 0.1) is 6.92 Å². The molecule has 8 nitrogen and oxygen atoms in total. The molecule has 1 aliphatic rings. The highest BCUT2D eigenvalue weighted by Gasteiger charge is 2.24. The van der Waals surface area contributed by atoms with Gasteiger partial charge in [-0.05, 0) is 61.8 Å². The quantitative estimate of drug-likeness (QED) is 0.380. The van der Waals surface area contributed by atoms with Crippen molar-refractivity contribution < 1.29 is 24.2 Å². The number of urea groups is 1. The zero-order valence-corrected chi connectivity index (χ0v) is 21.4. The summed E-state index contributed by atoms with van der Waals surface area (Å²) in [6.07, 6.45) is 9.20. The van der Waals surface area contributed by atoms with Gasteiger partial charge in [0.15, 0.2) is 0 Å². The molecule has 1 aliphatic carbocycles. The van der Waals surface area contributed by atoms with Gasteiger partial charge in [-0.3, -0.25) is 4.98 Å². The van der Waals surface area contributed by atoms with Gasteiger partial charge in [-0.25, -0.2) is 9.59 Å². The summed E-state index contributed by atoms with van der Waals surface area (Å²) in [6, 6.07) is 9.23. The molecule has 2 N–H and O–H groups in total. The Kier molecular flexibility index (Phi) is 11.2. The van der Waals surface area contributed by atoms with Crippen molar-refractivity contribution in [1.29, 1.82) is 0 Å². The first kappa shape index (κ1) is 27.6. The van der Waals surface area contributed by atoms with E-state index >= 15 is 0 Å². The molecule has 8 heteroatoms. The van der Waals surface area contributed by atoms with Crippen LogP contribution < -0.4 is 5.32 Å². The van der Waals surface area contributed by atoms with Crippen molar-refractivity contribution in [1.82, 2.24) is 15.2 Å². The largest absolute Gasteiger partial charge is 0.478 e. The summed E-state index contributed by atoms with van der Waals surface area (Å²) in [5.74, 6) is -0.925. The van der Waals surface area contributed by atoms with E-state index in [4.69, 9.17) is 9.47 Å². The second-order valence-electron chi connectivity index (χ2n) is 9.37. The number of carboxylic acid groups (broad SMARTS) is 1. The van der Waals surface area contributed by atoms with Crippen molar-refractivity contribution >= 4 is 12.0 Å². The highest BCUT2D eigenvalue weighted by Crippen LogP contribution is 2.25. The molecule has 3 rings (SSSR count). The van der Waals surface area contributed by atoms with Crippen LogP contribution in [0.3, 0.4) is 0 Å². The van der Waals surface area contributed by atoms with E-state index in [-0.39, 0.29) is 24.8 Å². The first-order valence-electron chi connectivity index (χ1n) is 12.9. The number of rotatable bonds is 13. The molecule has 1 heterocycles. The van der Waals surface area contributed by atoms with Gasteiger partial charge in [0.1, 0.15) is 0 Å². The number of benzene rings is 1. The third kappa shape index (κ3) is 8.60. The molecular weight excluding hydrogens is 458 g/mol. The number of hydrogen-bond donors (Lipinski definition) is 2. The van der Waals surface area contributed by atoms with Crippen LogP contribution in [0.5, 0.6) is 0 Å². The van der Waals surface area contributed by atoms with Crippen molar-refractivity contribution in [2.45, 2.75) is 77.7 Å². The van der Waals surface area contributed by atoms with E-state index in [0.29, 0.717) is 37.4 Å². The molecule has 0 aliphatic heterocycles. The number of carbonyl (C=O) groups excluding carboxylic acids is 1. The lowest BCUT2D eigenvalue weighted by Gasteiger charge is -2.30. The first-order valence-corrected chi connectivity index (χ1v) is 12.9. The lowest BCUT2D eigenvalue weighted by molar-refractivity contribution is -0.0526. The van der Waals surface area contributed by atoms with Gasteiger partial charge in [0.05, 0.1) is 31.0 Å². The van der Waals surface area contributed by atoms with Gasteiger partial charge in [0.25, 0.3) is 0 Å². The molecule has 1 saturated carbocycles. The number of amides is 2. The molecule has 2 unspecified atom stereocenters. The number of aryl methyl sites for hydroxylation is 1. The van der Waals surface area contributed by atoms with Gasteiger partial charge >= 0.3 is 12.0 Å². The number of ether oxygens (including phenoxy) is 2. The highest BCUT2D eigenvalue weighted by molar-refractivity contribution is 5.91. The van der Waals surface area contributed by atoms with Gasteiger partial charge in [-0.1, -0.05) is 37.6 Å². The Bertz CT molecular complexity index is 969. The standard InChI is InChI=1S/C28H39N3O5/c1-3-4-14-30-28(34)31(19-22-9-7-13-29-18-22)15-16-35-24-11-6-12-25(17-24)36-20-23-10-5-8-21(2)26(23)27(32)33/h5,7-10,13,18,24-25H,3-4,6,11-12,14-17,19-20H2,1-2H3,(H,30,34)(H,32,33). The van der Waals surface area contributed by atoms with E-state index in [9.17, 15) is 14.7 Å². The van der Waals surface area contributed by atoms with E-state index in [2.05, 4.69) is 17.2 Å². The molecule has 1 fully saturated rings. The normalized spacial score (nSPS) is 17.5. The molecule has 0 spiro atoms. The van der Waals surface area contributed by atoms with Crippen LogP contribution >= 0.6 is 0 Å². The number of hydrogen-bond acceptors (Lipinski definition) is 5. The number of nitrogens with one attached hydrogen (secondary N) is 1. The number of carboxylic acids is 1. The summed E-state index contributed by atoms with van der Waals surface area (Å²) in [5.41, 5.74) is 2.74. The lowest BCUT2D eigenvalue weighted by Crippen LogP contribution is -2.42. The number of aromatic carboxylic acids is 1. The fourth-order valence-corrected chi connectivity index (χ4v) is 4.55. The maximum atomic E-state index is 12.8.